The number of likely N-dealkylation sites (N-methyl/N-ethyl adjacent to an activating group) is 1. The van der Waals surface area contributed by atoms with Gasteiger partial charge < -0.3 is 10.6 Å². The Morgan fingerprint density at radius 1 is 1.33 bits per heavy atom. The lowest BCUT2D eigenvalue weighted by Gasteiger charge is -2.24. The van der Waals surface area contributed by atoms with E-state index < -0.39 is 0 Å². The quantitative estimate of drug-likeness (QED) is 0.856. The Hall–Kier alpha value is -2.18. The Morgan fingerprint density at radius 3 is 2.85 bits per heavy atom. The highest BCUT2D eigenvalue weighted by atomic mass is 35.5. The second kappa shape index (κ2) is 7.44. The average molecular weight is 386 g/mol. The molecular weight excluding hydrogens is 362 g/mol. The lowest BCUT2D eigenvalue weighted by molar-refractivity contribution is -0.131. The van der Waals surface area contributed by atoms with Crippen molar-refractivity contribution in [1.82, 2.24) is 19.8 Å². The molecular formula is C20H24ClN5O. The molecule has 4 rings (SSSR count). The van der Waals surface area contributed by atoms with Crippen LogP contribution in [0.3, 0.4) is 0 Å². The Balaban J connectivity index is 1.31. The zero-order chi connectivity index (χ0) is 19.0. The van der Waals surface area contributed by atoms with Gasteiger partial charge in [-0.3, -0.25) is 9.69 Å². The molecule has 1 amide bonds. The van der Waals surface area contributed by atoms with Crippen molar-refractivity contribution in [2.45, 2.75) is 31.3 Å². The number of likely N-dealkylation sites (tertiary alicyclic amines) is 1. The van der Waals surface area contributed by atoms with Crippen LogP contribution in [0.5, 0.6) is 0 Å². The molecule has 0 unspecified atom stereocenters. The number of aromatic nitrogens is 2. The van der Waals surface area contributed by atoms with Crippen LogP contribution in [0.1, 0.15) is 30.1 Å². The third-order valence-corrected chi connectivity index (χ3v) is 5.87. The molecule has 0 bridgehead atoms. The van der Waals surface area contributed by atoms with E-state index in [-0.39, 0.29) is 11.8 Å². The highest BCUT2D eigenvalue weighted by Crippen LogP contribution is 2.49. The van der Waals surface area contributed by atoms with Crippen LogP contribution in [-0.4, -0.2) is 51.9 Å². The highest BCUT2D eigenvalue weighted by molar-refractivity contribution is 6.30. The minimum Gasteiger partial charge on any atom is -0.384 e. The topological polar surface area (TPSA) is 75.4 Å². The highest BCUT2D eigenvalue weighted by Gasteiger charge is 2.47. The van der Waals surface area contributed by atoms with E-state index in [1.165, 1.54) is 5.56 Å². The summed E-state index contributed by atoms with van der Waals surface area (Å²) in [4.78, 5) is 25.6. The first-order valence-corrected chi connectivity index (χ1v) is 9.71. The molecule has 1 aromatic heterocycles. The van der Waals surface area contributed by atoms with Crippen molar-refractivity contribution in [2.24, 2.45) is 5.92 Å². The lowest BCUT2D eigenvalue weighted by Crippen LogP contribution is -2.37. The molecule has 7 heteroatoms. The molecule has 0 radical (unpaired) electrons. The average Bonchev–Trinajstić information content (AvgIpc) is 3.28. The first kappa shape index (κ1) is 18.2. The maximum absolute atomic E-state index is 12.9. The predicted octanol–water partition coefficient (Wildman–Crippen LogP) is 2.55. The molecule has 2 aliphatic rings. The fraction of sp³-hybridized carbons (Fsp3) is 0.450. The minimum atomic E-state index is 0.118. The summed E-state index contributed by atoms with van der Waals surface area (Å²) in [6, 6.07) is 9.88. The number of anilines is 1. The normalized spacial score (nSPS) is 24.4. The lowest BCUT2D eigenvalue weighted by atomic mass is 10.1. The molecule has 3 atom stereocenters. The van der Waals surface area contributed by atoms with Gasteiger partial charge in [0.2, 0.25) is 5.91 Å². The number of hydrogen-bond donors (Lipinski definition) is 1. The maximum atomic E-state index is 12.9. The summed E-state index contributed by atoms with van der Waals surface area (Å²) in [5.41, 5.74) is 6.94. The molecule has 1 aliphatic heterocycles. The van der Waals surface area contributed by atoms with E-state index in [0.717, 1.165) is 31.0 Å². The van der Waals surface area contributed by atoms with Crippen LogP contribution in [0.2, 0.25) is 5.02 Å². The Labute approximate surface area is 164 Å². The van der Waals surface area contributed by atoms with Gasteiger partial charge in [-0.05, 0) is 49.6 Å². The SMILES string of the molecule is CN(Cc1nccc(N)n1)[C@@H]1CCN(C(=O)[C@H]2C[C@H]2c2ccc(Cl)cc2)C1. The number of nitrogen functional groups attached to an aromatic ring is 1. The van der Waals surface area contributed by atoms with Crippen LogP contribution in [0, 0.1) is 5.92 Å². The molecule has 2 heterocycles. The molecule has 0 spiro atoms. The van der Waals surface area contributed by atoms with Gasteiger partial charge in [0.1, 0.15) is 11.6 Å². The van der Waals surface area contributed by atoms with Gasteiger partial charge >= 0.3 is 0 Å². The molecule has 1 aromatic carbocycles. The second-order valence-corrected chi connectivity index (χ2v) is 7.98. The third kappa shape index (κ3) is 4.06. The Bertz CT molecular complexity index is 827. The Kier molecular flexibility index (Phi) is 5.02. The van der Waals surface area contributed by atoms with Gasteiger partial charge in [-0.1, -0.05) is 23.7 Å². The minimum absolute atomic E-state index is 0.118. The van der Waals surface area contributed by atoms with E-state index in [9.17, 15) is 4.79 Å². The molecule has 1 saturated heterocycles. The van der Waals surface area contributed by atoms with Gasteiger partial charge in [-0.25, -0.2) is 9.97 Å². The molecule has 142 valence electrons. The second-order valence-electron chi connectivity index (χ2n) is 7.54. The van der Waals surface area contributed by atoms with Crippen LogP contribution in [0.25, 0.3) is 0 Å². The third-order valence-electron chi connectivity index (χ3n) is 5.62. The summed E-state index contributed by atoms with van der Waals surface area (Å²) in [5, 5.41) is 0.733. The molecule has 2 fully saturated rings. The van der Waals surface area contributed by atoms with Crippen molar-refractivity contribution in [3.8, 4) is 0 Å². The summed E-state index contributed by atoms with van der Waals surface area (Å²) in [5.74, 6) is 1.94. The van der Waals surface area contributed by atoms with E-state index in [0.29, 0.717) is 30.1 Å². The number of nitrogens with two attached hydrogens (primary N) is 1. The number of amides is 1. The number of nitrogens with zero attached hydrogens (tertiary/aromatic N) is 4. The number of carbonyl (C=O) groups excluding carboxylic acids is 1. The molecule has 6 nitrogen and oxygen atoms in total. The van der Waals surface area contributed by atoms with Crippen molar-refractivity contribution in [3.05, 3.63) is 52.9 Å². The Morgan fingerprint density at radius 2 is 2.11 bits per heavy atom. The van der Waals surface area contributed by atoms with E-state index in [4.69, 9.17) is 17.3 Å². The largest absolute Gasteiger partial charge is 0.384 e. The summed E-state index contributed by atoms with van der Waals surface area (Å²) in [6.45, 7) is 2.21. The van der Waals surface area contributed by atoms with Gasteiger partial charge in [0.25, 0.3) is 0 Å². The maximum Gasteiger partial charge on any atom is 0.226 e. The van der Waals surface area contributed by atoms with Gasteiger partial charge in [0.15, 0.2) is 0 Å². The number of benzene rings is 1. The van der Waals surface area contributed by atoms with E-state index in [1.54, 1.807) is 12.3 Å². The van der Waals surface area contributed by atoms with Crippen molar-refractivity contribution in [2.75, 3.05) is 25.9 Å². The van der Waals surface area contributed by atoms with E-state index in [1.807, 2.05) is 29.2 Å². The summed E-state index contributed by atoms with van der Waals surface area (Å²) < 4.78 is 0. The van der Waals surface area contributed by atoms with E-state index in [2.05, 4.69) is 21.9 Å². The van der Waals surface area contributed by atoms with Crippen LogP contribution < -0.4 is 5.73 Å². The molecule has 2 aromatic rings. The van der Waals surface area contributed by atoms with Crippen molar-refractivity contribution >= 4 is 23.3 Å². The van der Waals surface area contributed by atoms with Crippen LogP contribution in [0.4, 0.5) is 5.82 Å². The summed E-state index contributed by atoms with van der Waals surface area (Å²) in [6.07, 6.45) is 3.59. The smallest absolute Gasteiger partial charge is 0.226 e. The van der Waals surface area contributed by atoms with Crippen LogP contribution in [-0.2, 0) is 11.3 Å². The van der Waals surface area contributed by atoms with E-state index >= 15 is 0 Å². The van der Waals surface area contributed by atoms with Crippen LogP contribution in [0.15, 0.2) is 36.5 Å². The molecule has 27 heavy (non-hydrogen) atoms. The number of rotatable bonds is 5. The number of halogens is 1. The molecule has 2 N–H and O–H groups in total. The van der Waals surface area contributed by atoms with Gasteiger partial charge in [-0.2, -0.15) is 0 Å². The van der Waals surface area contributed by atoms with Crippen molar-refractivity contribution < 1.29 is 4.79 Å². The fourth-order valence-electron chi connectivity index (χ4n) is 3.93. The number of carbonyl (C=O) groups is 1. The van der Waals surface area contributed by atoms with Gasteiger partial charge in [0.05, 0.1) is 6.54 Å². The van der Waals surface area contributed by atoms with Gasteiger partial charge in [-0.15, -0.1) is 0 Å². The number of hydrogen-bond acceptors (Lipinski definition) is 5. The van der Waals surface area contributed by atoms with Crippen LogP contribution >= 0.6 is 11.6 Å². The molecule has 1 saturated carbocycles. The summed E-state index contributed by atoms with van der Waals surface area (Å²) in [7, 11) is 2.05. The van der Waals surface area contributed by atoms with Crippen molar-refractivity contribution in [1.29, 1.82) is 0 Å². The molecule has 1 aliphatic carbocycles. The zero-order valence-electron chi connectivity index (χ0n) is 15.4. The monoisotopic (exact) mass is 385 g/mol. The first-order valence-electron chi connectivity index (χ1n) is 9.33. The standard InChI is InChI=1S/C20H24ClN5O/c1-25(12-19-23-8-6-18(22)24-19)15-7-9-26(11-15)20(27)17-10-16(17)13-2-4-14(21)5-3-13/h2-6,8,15-17H,7,9-12H2,1H3,(H2,22,23,24)/t15-,16+,17+/m1/s1. The zero-order valence-corrected chi connectivity index (χ0v) is 16.1. The van der Waals surface area contributed by atoms with Gasteiger partial charge in [0, 0.05) is 36.3 Å². The first-order chi connectivity index (χ1) is 13.0. The summed E-state index contributed by atoms with van der Waals surface area (Å²) >= 11 is 5.96. The predicted molar refractivity (Wildman–Crippen MR) is 105 cm³/mol. The van der Waals surface area contributed by atoms with Crippen molar-refractivity contribution in [3.63, 3.8) is 0 Å². The fourth-order valence-corrected chi connectivity index (χ4v) is 4.05.